The molecule has 6 heteroatoms. The Morgan fingerprint density at radius 1 is 1.13 bits per heavy atom. The van der Waals surface area contributed by atoms with Gasteiger partial charge in [-0.2, -0.15) is 0 Å². The van der Waals surface area contributed by atoms with Gasteiger partial charge in [0.25, 0.3) is 5.91 Å². The topological polar surface area (TPSA) is 64.4 Å². The predicted molar refractivity (Wildman–Crippen MR) is 124 cm³/mol. The first-order valence-corrected chi connectivity index (χ1v) is 10.5. The first-order valence-electron chi connectivity index (χ1n) is 10.1. The number of aryl methyl sites for hydroxylation is 1. The number of nitrogens with one attached hydrogen (secondary N) is 1. The van der Waals surface area contributed by atoms with Crippen molar-refractivity contribution in [2.75, 3.05) is 11.9 Å². The van der Waals surface area contributed by atoms with E-state index < -0.39 is 0 Å². The van der Waals surface area contributed by atoms with Crippen molar-refractivity contribution in [1.29, 1.82) is 0 Å². The maximum absolute atomic E-state index is 12.7. The Labute approximate surface area is 186 Å². The van der Waals surface area contributed by atoms with Crippen LogP contribution in [0, 0.1) is 12.8 Å². The normalized spacial score (nSPS) is 11.1. The molecule has 0 saturated carbocycles. The molecule has 158 valence electrons. The summed E-state index contributed by atoms with van der Waals surface area (Å²) in [4.78, 5) is 17.3. The zero-order valence-corrected chi connectivity index (χ0v) is 18.4. The number of oxazole rings is 1. The third kappa shape index (κ3) is 4.89. The van der Waals surface area contributed by atoms with E-state index in [1.807, 2.05) is 37.3 Å². The number of benzene rings is 3. The van der Waals surface area contributed by atoms with Crippen LogP contribution in [0.25, 0.3) is 22.6 Å². The number of fused-ring (bicyclic) bond motifs is 1. The fourth-order valence-corrected chi connectivity index (χ4v) is 3.23. The summed E-state index contributed by atoms with van der Waals surface area (Å²) in [6.45, 7) is 6.70. The lowest BCUT2D eigenvalue weighted by Gasteiger charge is -2.10. The van der Waals surface area contributed by atoms with E-state index in [-0.39, 0.29) is 5.91 Å². The first kappa shape index (κ1) is 20.9. The van der Waals surface area contributed by atoms with Crippen molar-refractivity contribution in [1.82, 2.24) is 4.98 Å². The number of hydrogen-bond donors (Lipinski definition) is 1. The molecule has 1 amide bonds. The van der Waals surface area contributed by atoms with E-state index in [9.17, 15) is 4.79 Å². The van der Waals surface area contributed by atoms with Gasteiger partial charge < -0.3 is 14.5 Å². The Morgan fingerprint density at radius 3 is 2.74 bits per heavy atom. The molecular weight excluding hydrogens is 412 g/mol. The molecule has 3 aromatic carbocycles. The molecule has 0 aliphatic carbocycles. The monoisotopic (exact) mass is 434 g/mol. The maximum atomic E-state index is 12.7. The van der Waals surface area contributed by atoms with E-state index in [0.717, 1.165) is 11.1 Å². The Hall–Kier alpha value is -3.31. The fourth-order valence-electron chi connectivity index (χ4n) is 3.05. The Kier molecular flexibility index (Phi) is 5.96. The molecule has 0 fully saturated rings. The van der Waals surface area contributed by atoms with E-state index in [1.54, 1.807) is 30.3 Å². The Bertz CT molecular complexity index is 1250. The molecule has 5 nitrogen and oxygen atoms in total. The van der Waals surface area contributed by atoms with Crippen LogP contribution >= 0.6 is 11.6 Å². The summed E-state index contributed by atoms with van der Waals surface area (Å²) >= 11 is 6.22. The summed E-state index contributed by atoms with van der Waals surface area (Å²) in [5.74, 6) is 1.35. The second-order valence-electron chi connectivity index (χ2n) is 7.85. The van der Waals surface area contributed by atoms with Gasteiger partial charge in [0.05, 0.1) is 6.61 Å². The largest absolute Gasteiger partial charge is 0.493 e. The predicted octanol–water partition coefficient (Wildman–Crippen LogP) is 6.74. The summed E-state index contributed by atoms with van der Waals surface area (Å²) in [6, 6.07) is 18.2. The highest BCUT2D eigenvalue weighted by Crippen LogP contribution is 2.29. The average molecular weight is 435 g/mol. The third-order valence-corrected chi connectivity index (χ3v) is 5.15. The number of aromatic nitrogens is 1. The summed E-state index contributed by atoms with van der Waals surface area (Å²) < 4.78 is 11.6. The molecule has 1 heterocycles. The number of ether oxygens (including phenoxy) is 1. The van der Waals surface area contributed by atoms with Gasteiger partial charge in [-0.3, -0.25) is 4.79 Å². The summed E-state index contributed by atoms with van der Waals surface area (Å²) in [6.07, 6.45) is 0. The van der Waals surface area contributed by atoms with E-state index >= 15 is 0 Å². The van der Waals surface area contributed by atoms with E-state index in [4.69, 9.17) is 20.8 Å². The number of rotatable bonds is 6. The smallest absolute Gasteiger partial charge is 0.255 e. The first-order chi connectivity index (χ1) is 14.9. The van der Waals surface area contributed by atoms with Gasteiger partial charge in [0.2, 0.25) is 5.89 Å². The molecule has 0 aliphatic rings. The molecule has 0 saturated heterocycles. The van der Waals surface area contributed by atoms with Gasteiger partial charge in [-0.25, -0.2) is 4.98 Å². The standard InChI is InChI=1S/C25H23ClN2O3/c1-15(2)14-30-20-6-4-5-17(11-20)24(29)27-19-9-10-23-22(13-19)28-25(31-23)18-8-7-16(3)21(26)12-18/h4-13,15H,14H2,1-3H3,(H,27,29). The number of nitrogens with zero attached hydrogens (tertiary/aromatic N) is 1. The molecule has 0 radical (unpaired) electrons. The van der Waals surface area contributed by atoms with Crippen LogP contribution in [0.5, 0.6) is 5.75 Å². The van der Waals surface area contributed by atoms with Crippen LogP contribution in [0.2, 0.25) is 5.02 Å². The van der Waals surface area contributed by atoms with Crippen LogP contribution in [0.1, 0.15) is 29.8 Å². The van der Waals surface area contributed by atoms with Gasteiger partial charge in [-0.15, -0.1) is 0 Å². The summed E-state index contributed by atoms with van der Waals surface area (Å²) in [5, 5.41) is 3.57. The highest BCUT2D eigenvalue weighted by Gasteiger charge is 2.12. The number of anilines is 1. The average Bonchev–Trinajstić information content (AvgIpc) is 3.18. The SMILES string of the molecule is Cc1ccc(-c2nc3cc(NC(=O)c4cccc(OCC(C)C)c4)ccc3o2)cc1Cl. The fraction of sp³-hybridized carbons (Fsp3) is 0.200. The lowest BCUT2D eigenvalue weighted by atomic mass is 10.1. The van der Waals surface area contributed by atoms with Crippen LogP contribution in [0.15, 0.2) is 65.1 Å². The van der Waals surface area contributed by atoms with Crippen molar-refractivity contribution in [2.24, 2.45) is 5.92 Å². The quantitative estimate of drug-likeness (QED) is 0.364. The van der Waals surface area contributed by atoms with Crippen molar-refractivity contribution < 1.29 is 13.9 Å². The molecule has 0 unspecified atom stereocenters. The van der Waals surface area contributed by atoms with E-state index in [2.05, 4.69) is 24.1 Å². The van der Waals surface area contributed by atoms with Gasteiger partial charge in [0.15, 0.2) is 5.58 Å². The zero-order valence-electron chi connectivity index (χ0n) is 17.6. The molecule has 4 rings (SSSR count). The number of halogens is 1. The molecule has 1 N–H and O–H groups in total. The van der Waals surface area contributed by atoms with Crippen LogP contribution in [0.3, 0.4) is 0 Å². The number of carbonyl (C=O) groups excluding carboxylic acids is 1. The second-order valence-corrected chi connectivity index (χ2v) is 8.26. The Morgan fingerprint density at radius 2 is 1.97 bits per heavy atom. The molecule has 0 spiro atoms. The minimum Gasteiger partial charge on any atom is -0.493 e. The number of hydrogen-bond acceptors (Lipinski definition) is 4. The molecule has 0 atom stereocenters. The van der Waals surface area contributed by atoms with E-state index in [1.165, 1.54) is 0 Å². The zero-order chi connectivity index (χ0) is 22.0. The van der Waals surface area contributed by atoms with Crippen LogP contribution in [-0.4, -0.2) is 17.5 Å². The third-order valence-electron chi connectivity index (χ3n) is 4.74. The summed E-state index contributed by atoms with van der Waals surface area (Å²) in [7, 11) is 0. The van der Waals surface area contributed by atoms with Gasteiger partial charge in [-0.05, 0) is 66.9 Å². The molecular formula is C25H23ClN2O3. The second kappa shape index (κ2) is 8.82. The van der Waals surface area contributed by atoms with Crippen LogP contribution < -0.4 is 10.1 Å². The van der Waals surface area contributed by atoms with Crippen molar-refractivity contribution in [2.45, 2.75) is 20.8 Å². The molecule has 4 aromatic rings. The van der Waals surface area contributed by atoms with Crippen molar-refractivity contribution in [3.63, 3.8) is 0 Å². The lowest BCUT2D eigenvalue weighted by molar-refractivity contribution is 0.102. The number of carbonyl (C=O) groups is 1. The highest BCUT2D eigenvalue weighted by atomic mass is 35.5. The van der Waals surface area contributed by atoms with Crippen molar-refractivity contribution in [3.05, 3.63) is 76.8 Å². The van der Waals surface area contributed by atoms with Crippen LogP contribution in [-0.2, 0) is 0 Å². The Balaban J connectivity index is 1.53. The minimum atomic E-state index is -0.219. The van der Waals surface area contributed by atoms with Gasteiger partial charge in [0, 0.05) is 21.8 Å². The van der Waals surface area contributed by atoms with Crippen LogP contribution in [0.4, 0.5) is 5.69 Å². The van der Waals surface area contributed by atoms with Gasteiger partial charge >= 0.3 is 0 Å². The minimum absolute atomic E-state index is 0.219. The van der Waals surface area contributed by atoms with Crippen molar-refractivity contribution in [3.8, 4) is 17.2 Å². The summed E-state index contributed by atoms with van der Waals surface area (Å²) in [5.41, 5.74) is 4.23. The van der Waals surface area contributed by atoms with Crippen molar-refractivity contribution >= 4 is 34.3 Å². The maximum Gasteiger partial charge on any atom is 0.255 e. The van der Waals surface area contributed by atoms with Gasteiger partial charge in [0.1, 0.15) is 11.3 Å². The highest BCUT2D eigenvalue weighted by molar-refractivity contribution is 6.31. The molecule has 0 aliphatic heterocycles. The lowest BCUT2D eigenvalue weighted by Crippen LogP contribution is -2.12. The molecule has 0 bridgehead atoms. The van der Waals surface area contributed by atoms with E-state index in [0.29, 0.717) is 51.5 Å². The molecule has 1 aromatic heterocycles. The number of amides is 1. The molecule has 31 heavy (non-hydrogen) atoms. The van der Waals surface area contributed by atoms with Gasteiger partial charge in [-0.1, -0.05) is 37.6 Å².